The molecule has 0 aromatic carbocycles. The summed E-state index contributed by atoms with van der Waals surface area (Å²) < 4.78 is 0. The van der Waals surface area contributed by atoms with Crippen molar-refractivity contribution in [3.05, 3.63) is 117 Å². The van der Waals surface area contributed by atoms with Gasteiger partial charge >= 0.3 is 0 Å². The van der Waals surface area contributed by atoms with Crippen molar-refractivity contribution in [2.75, 3.05) is 0 Å². The van der Waals surface area contributed by atoms with Gasteiger partial charge in [-0.1, -0.05) is 168 Å². The minimum Gasteiger partial charge on any atom is -0.343 e. The van der Waals surface area contributed by atoms with Crippen LogP contribution >= 0.6 is 0 Å². The van der Waals surface area contributed by atoms with Crippen LogP contribution in [-0.4, -0.2) is 22.6 Å². The first-order chi connectivity index (χ1) is 27.0. The number of rotatable bonds is 4. The van der Waals surface area contributed by atoms with Crippen molar-refractivity contribution in [1.82, 2.24) is 9.80 Å². The molecule has 0 bridgehead atoms. The fourth-order valence-corrected chi connectivity index (χ4v) is 12.2. The van der Waals surface area contributed by atoms with Crippen molar-refractivity contribution >= 4 is 6.71 Å². The van der Waals surface area contributed by atoms with Gasteiger partial charge < -0.3 is 9.80 Å². The molecule has 1 fully saturated rings. The summed E-state index contributed by atoms with van der Waals surface area (Å²) in [5.41, 5.74) is 16.8. The fourth-order valence-electron chi connectivity index (χ4n) is 12.2. The second-order valence-electron chi connectivity index (χ2n) is 24.5. The predicted molar refractivity (Wildman–Crippen MR) is 251 cm³/mol. The molecule has 0 saturated carbocycles. The summed E-state index contributed by atoms with van der Waals surface area (Å²) in [6.45, 7) is 35.1. The highest BCUT2D eigenvalue weighted by molar-refractivity contribution is 6.78. The third-order valence-electron chi connectivity index (χ3n) is 16.3. The van der Waals surface area contributed by atoms with E-state index < -0.39 is 0 Å². The van der Waals surface area contributed by atoms with Gasteiger partial charge in [-0.05, 0) is 133 Å². The molecule has 2 aliphatic heterocycles. The Bertz CT molecular complexity index is 2000. The van der Waals surface area contributed by atoms with E-state index in [2.05, 4.69) is 167 Å². The highest BCUT2D eigenvalue weighted by Crippen LogP contribution is 2.62. The minimum absolute atomic E-state index is 0.0561. The third kappa shape index (κ3) is 7.44. The molecule has 2 nitrogen and oxygen atoms in total. The highest BCUT2D eigenvalue weighted by atomic mass is 15.2. The summed E-state index contributed by atoms with van der Waals surface area (Å²) in [6.07, 6.45) is 39.1. The molecule has 8 aliphatic rings. The van der Waals surface area contributed by atoms with Gasteiger partial charge in [-0.2, -0.15) is 0 Å². The molecule has 6 aliphatic carbocycles. The molecule has 0 aromatic heterocycles. The van der Waals surface area contributed by atoms with E-state index in [1.807, 2.05) is 0 Å². The zero-order valence-electron chi connectivity index (χ0n) is 39.4. The van der Waals surface area contributed by atoms with Gasteiger partial charge in [0, 0.05) is 40.3 Å². The lowest BCUT2D eigenvalue weighted by atomic mass is 9.25. The van der Waals surface area contributed by atoms with E-state index in [-0.39, 0.29) is 21.7 Å². The Balaban J connectivity index is 1.41. The maximum Gasteiger partial charge on any atom is 0.220 e. The molecule has 8 rings (SSSR count). The molecule has 0 spiro atoms. The Labute approximate surface area is 356 Å². The second-order valence-corrected chi connectivity index (χ2v) is 24.5. The van der Waals surface area contributed by atoms with Crippen molar-refractivity contribution in [3.8, 4) is 0 Å². The number of fused-ring (bicyclic) bond motifs is 3. The van der Waals surface area contributed by atoms with Crippen LogP contribution < -0.4 is 0 Å². The average Bonchev–Trinajstić information content (AvgIpc) is 3.16. The molecule has 2 heterocycles. The van der Waals surface area contributed by atoms with Gasteiger partial charge in [0.1, 0.15) is 0 Å². The molecule has 312 valence electrons. The normalized spacial score (nSPS) is 29.6. The highest BCUT2D eigenvalue weighted by Gasteiger charge is 2.58. The van der Waals surface area contributed by atoms with Crippen LogP contribution in [0.4, 0.5) is 0 Å². The lowest BCUT2D eigenvalue weighted by Gasteiger charge is -2.60. The van der Waals surface area contributed by atoms with E-state index >= 15 is 0 Å². The van der Waals surface area contributed by atoms with Crippen molar-refractivity contribution in [3.63, 3.8) is 0 Å². The van der Waals surface area contributed by atoms with E-state index in [1.165, 1.54) is 61.9 Å². The lowest BCUT2D eigenvalue weighted by molar-refractivity contribution is 0.152. The summed E-state index contributed by atoms with van der Waals surface area (Å²) >= 11 is 0. The van der Waals surface area contributed by atoms with Gasteiger partial charge in [-0.3, -0.25) is 0 Å². The molecule has 5 atom stereocenters. The van der Waals surface area contributed by atoms with Crippen molar-refractivity contribution in [2.45, 2.75) is 179 Å². The Kier molecular flexibility index (Phi) is 10.5. The van der Waals surface area contributed by atoms with Gasteiger partial charge in [-0.15, -0.1) is 0 Å². The fraction of sp³-hybridized carbons (Fsp3) is 0.636. The molecule has 0 aromatic rings. The molecule has 0 amide bonds. The molecular weight excluding hydrogens is 699 g/mol. The molecule has 5 unspecified atom stereocenters. The second kappa shape index (κ2) is 14.6. The topological polar surface area (TPSA) is 6.48 Å². The molecule has 3 heteroatoms. The maximum atomic E-state index is 3.03. The van der Waals surface area contributed by atoms with Crippen LogP contribution in [-0.2, 0) is 0 Å². The van der Waals surface area contributed by atoms with Crippen LogP contribution in [0, 0.1) is 44.8 Å². The van der Waals surface area contributed by atoms with Gasteiger partial charge in [0.25, 0.3) is 0 Å². The van der Waals surface area contributed by atoms with Crippen molar-refractivity contribution in [2.24, 2.45) is 44.8 Å². The number of hydrogen-bond acceptors (Lipinski definition) is 2. The number of nitrogens with zero attached hydrogens (tertiary/aromatic N) is 2. The quantitative estimate of drug-likeness (QED) is 0.262. The zero-order chi connectivity index (χ0) is 41.7. The summed E-state index contributed by atoms with van der Waals surface area (Å²) in [4.78, 5) is 5.94. The Morgan fingerprint density at radius 1 is 0.672 bits per heavy atom. The number of allylic oxidation sites excluding steroid dienone is 17. The Hall–Kier alpha value is -2.94. The summed E-state index contributed by atoms with van der Waals surface area (Å²) in [6, 6.07) is 0.410. The Morgan fingerprint density at radius 3 is 2.09 bits per heavy atom. The summed E-state index contributed by atoms with van der Waals surface area (Å²) in [7, 11) is 0. The SMILES string of the molecule is CC(C)(C)C1=CCCC(N2C3=CC(C(C)(C)C4=CC=CCC4)CC4C3B(C3=CCC(C(C)(C)C)C=C3N4C3=CCCC(C(C)(C)C)C3)C3=C2C=C(C(C)(C)C)CC3)=C1. The molecule has 58 heavy (non-hydrogen) atoms. The van der Waals surface area contributed by atoms with Crippen LogP contribution in [0.5, 0.6) is 0 Å². The first-order valence-corrected chi connectivity index (χ1v) is 23.7. The van der Waals surface area contributed by atoms with Crippen LogP contribution in [0.25, 0.3) is 0 Å². The molecule has 0 N–H and O–H groups in total. The molecule has 1 saturated heterocycles. The van der Waals surface area contributed by atoms with E-state index in [0.29, 0.717) is 41.7 Å². The lowest BCUT2D eigenvalue weighted by Crippen LogP contribution is -2.59. The average molecular weight is 779 g/mol. The monoisotopic (exact) mass is 779 g/mol. The zero-order valence-corrected chi connectivity index (χ0v) is 39.4. The van der Waals surface area contributed by atoms with Gasteiger partial charge in [0.05, 0.1) is 0 Å². The largest absolute Gasteiger partial charge is 0.343 e. The van der Waals surface area contributed by atoms with Gasteiger partial charge in [0.15, 0.2) is 0 Å². The minimum atomic E-state index is 0.0561. The van der Waals surface area contributed by atoms with Crippen LogP contribution in [0.15, 0.2) is 117 Å². The predicted octanol–water partition coefficient (Wildman–Crippen LogP) is 15.4. The van der Waals surface area contributed by atoms with Crippen molar-refractivity contribution in [1.29, 1.82) is 0 Å². The standard InChI is InChI=1S/C55H79BN2/c1-51(2,3)37-22-18-24-42(30-37)57-46-32-39(53(7,8)9)26-28-44(46)56-45-29-27-40(54(10,11)12)33-47(45)58(43-25-19-23-38(31-43)52(4,5)6)49-35-41(34-48(57)50(49)56)55(13,14)36-20-16-15-17-21-36/h15-16,20,22,25,29-30,32-34,38,40-41,49-50H,17-19,21,23-24,26-28,31,35H2,1-14H3. The third-order valence-corrected chi connectivity index (χ3v) is 16.3. The molecule has 0 radical (unpaired) electrons. The van der Waals surface area contributed by atoms with E-state index in [9.17, 15) is 0 Å². The number of hydrogen-bond donors (Lipinski definition) is 0. The summed E-state index contributed by atoms with van der Waals surface area (Å²) in [5.74, 6) is 2.07. The van der Waals surface area contributed by atoms with E-state index in [1.54, 1.807) is 39.2 Å². The van der Waals surface area contributed by atoms with Gasteiger partial charge in [0.2, 0.25) is 6.71 Å². The first kappa shape index (κ1) is 41.8. The van der Waals surface area contributed by atoms with Crippen LogP contribution in [0.1, 0.15) is 168 Å². The first-order valence-electron chi connectivity index (χ1n) is 23.7. The smallest absolute Gasteiger partial charge is 0.220 e. The Morgan fingerprint density at radius 2 is 1.43 bits per heavy atom. The van der Waals surface area contributed by atoms with E-state index in [0.717, 1.165) is 25.7 Å². The van der Waals surface area contributed by atoms with Crippen molar-refractivity contribution < 1.29 is 0 Å². The van der Waals surface area contributed by atoms with E-state index in [4.69, 9.17) is 0 Å². The van der Waals surface area contributed by atoms with Crippen LogP contribution in [0.3, 0.4) is 0 Å². The molecular formula is C55H79BN2. The summed E-state index contributed by atoms with van der Waals surface area (Å²) in [5, 5.41) is 0. The van der Waals surface area contributed by atoms with Gasteiger partial charge in [-0.25, -0.2) is 0 Å². The maximum absolute atomic E-state index is 3.03. The van der Waals surface area contributed by atoms with Crippen LogP contribution in [0.2, 0.25) is 5.82 Å².